The molecule has 0 bridgehead atoms. The first-order chi connectivity index (χ1) is 7.36. The van der Waals surface area contributed by atoms with E-state index in [0.717, 1.165) is 18.8 Å². The standard InChI is InChI=1S/C11H19N3S/c1-10(14-4-2-3-5-14)6-12-7-11-8-15-9-13-11/h8-10,12H,2-7H2,1H3. The van der Waals surface area contributed by atoms with Crippen molar-refractivity contribution in [2.24, 2.45) is 0 Å². The molecule has 0 radical (unpaired) electrons. The summed E-state index contributed by atoms with van der Waals surface area (Å²) in [6.45, 7) is 6.83. The number of thiazole rings is 1. The Morgan fingerprint density at radius 2 is 2.33 bits per heavy atom. The van der Waals surface area contributed by atoms with Crippen LogP contribution >= 0.6 is 11.3 Å². The van der Waals surface area contributed by atoms with Crippen LogP contribution in [0.4, 0.5) is 0 Å². The minimum Gasteiger partial charge on any atom is -0.310 e. The van der Waals surface area contributed by atoms with Crippen molar-refractivity contribution in [3.8, 4) is 0 Å². The first-order valence-electron chi connectivity index (χ1n) is 5.68. The molecule has 1 N–H and O–H groups in total. The van der Waals surface area contributed by atoms with Crippen LogP contribution in [-0.4, -0.2) is 35.6 Å². The highest BCUT2D eigenvalue weighted by molar-refractivity contribution is 7.07. The van der Waals surface area contributed by atoms with Crippen molar-refractivity contribution < 1.29 is 0 Å². The Hall–Kier alpha value is -0.450. The van der Waals surface area contributed by atoms with Gasteiger partial charge in [-0.1, -0.05) is 0 Å². The number of nitrogens with zero attached hydrogens (tertiary/aromatic N) is 2. The van der Waals surface area contributed by atoms with Gasteiger partial charge in [0.05, 0.1) is 11.2 Å². The molecule has 2 heterocycles. The maximum atomic E-state index is 4.25. The van der Waals surface area contributed by atoms with E-state index in [1.807, 2.05) is 5.51 Å². The van der Waals surface area contributed by atoms with Crippen molar-refractivity contribution in [1.82, 2.24) is 15.2 Å². The van der Waals surface area contributed by atoms with Crippen LogP contribution in [0.3, 0.4) is 0 Å². The van der Waals surface area contributed by atoms with Crippen molar-refractivity contribution in [2.45, 2.75) is 32.4 Å². The van der Waals surface area contributed by atoms with Gasteiger partial charge in [0, 0.05) is 24.5 Å². The maximum absolute atomic E-state index is 4.25. The van der Waals surface area contributed by atoms with Gasteiger partial charge in [0.2, 0.25) is 0 Å². The predicted octanol–water partition coefficient (Wildman–Crippen LogP) is 1.72. The van der Waals surface area contributed by atoms with Gasteiger partial charge < -0.3 is 5.32 Å². The Bertz CT molecular complexity index is 267. The molecular weight excluding hydrogens is 206 g/mol. The van der Waals surface area contributed by atoms with E-state index in [0.29, 0.717) is 6.04 Å². The lowest BCUT2D eigenvalue weighted by molar-refractivity contribution is 0.251. The summed E-state index contributed by atoms with van der Waals surface area (Å²) < 4.78 is 0. The molecule has 0 aliphatic carbocycles. The predicted molar refractivity (Wildman–Crippen MR) is 64.1 cm³/mol. The molecule has 1 aromatic rings. The van der Waals surface area contributed by atoms with E-state index in [2.05, 4.69) is 27.5 Å². The molecule has 0 spiro atoms. The summed E-state index contributed by atoms with van der Waals surface area (Å²) in [4.78, 5) is 6.82. The second kappa shape index (κ2) is 5.58. The largest absolute Gasteiger partial charge is 0.310 e. The number of hydrogen-bond acceptors (Lipinski definition) is 4. The van der Waals surface area contributed by atoms with Gasteiger partial charge in [0.1, 0.15) is 0 Å². The Labute approximate surface area is 95.5 Å². The van der Waals surface area contributed by atoms with Crippen molar-refractivity contribution in [1.29, 1.82) is 0 Å². The van der Waals surface area contributed by atoms with Crippen LogP contribution in [0, 0.1) is 0 Å². The molecule has 0 saturated carbocycles. The van der Waals surface area contributed by atoms with Gasteiger partial charge in [0.15, 0.2) is 0 Å². The summed E-state index contributed by atoms with van der Waals surface area (Å²) in [7, 11) is 0. The molecule has 1 fully saturated rings. The molecule has 4 heteroatoms. The second-order valence-corrected chi connectivity index (χ2v) is 4.92. The summed E-state index contributed by atoms with van der Waals surface area (Å²) in [5.74, 6) is 0. The van der Waals surface area contributed by atoms with E-state index in [1.54, 1.807) is 11.3 Å². The molecule has 2 rings (SSSR count). The summed E-state index contributed by atoms with van der Waals surface area (Å²) in [5, 5.41) is 5.57. The van der Waals surface area contributed by atoms with Crippen molar-refractivity contribution in [3.05, 3.63) is 16.6 Å². The van der Waals surface area contributed by atoms with E-state index in [-0.39, 0.29) is 0 Å². The summed E-state index contributed by atoms with van der Waals surface area (Å²) >= 11 is 1.66. The van der Waals surface area contributed by atoms with E-state index in [1.165, 1.54) is 25.9 Å². The van der Waals surface area contributed by atoms with Gasteiger partial charge >= 0.3 is 0 Å². The first kappa shape index (κ1) is 11.0. The lowest BCUT2D eigenvalue weighted by atomic mass is 10.3. The molecule has 1 aromatic heterocycles. The zero-order chi connectivity index (χ0) is 10.5. The zero-order valence-corrected chi connectivity index (χ0v) is 10.1. The molecule has 3 nitrogen and oxygen atoms in total. The van der Waals surface area contributed by atoms with Crippen LogP contribution in [0.15, 0.2) is 10.9 Å². The van der Waals surface area contributed by atoms with Gasteiger partial charge in [0.25, 0.3) is 0 Å². The minimum atomic E-state index is 0.658. The molecule has 1 aliphatic heterocycles. The summed E-state index contributed by atoms with van der Waals surface area (Å²) in [5.41, 5.74) is 3.05. The molecule has 84 valence electrons. The second-order valence-electron chi connectivity index (χ2n) is 4.20. The van der Waals surface area contributed by atoms with Crippen LogP contribution in [0.1, 0.15) is 25.5 Å². The van der Waals surface area contributed by atoms with Gasteiger partial charge in [-0.25, -0.2) is 4.98 Å². The number of nitrogens with one attached hydrogen (secondary N) is 1. The lowest BCUT2D eigenvalue weighted by Crippen LogP contribution is -2.38. The van der Waals surface area contributed by atoms with Crippen molar-refractivity contribution in [2.75, 3.05) is 19.6 Å². The SMILES string of the molecule is CC(CNCc1cscn1)N1CCCC1. The molecule has 0 amide bonds. The molecule has 15 heavy (non-hydrogen) atoms. The molecule has 1 aliphatic rings. The quantitative estimate of drug-likeness (QED) is 0.827. The fourth-order valence-corrected chi connectivity index (χ4v) is 2.60. The fourth-order valence-electron chi connectivity index (χ4n) is 2.05. The smallest absolute Gasteiger partial charge is 0.0795 e. The third kappa shape index (κ3) is 3.26. The third-order valence-corrected chi connectivity index (χ3v) is 3.63. The number of aromatic nitrogens is 1. The van der Waals surface area contributed by atoms with Crippen molar-refractivity contribution in [3.63, 3.8) is 0 Å². The molecule has 1 unspecified atom stereocenters. The average Bonchev–Trinajstić information content (AvgIpc) is 2.90. The van der Waals surface area contributed by atoms with Gasteiger partial charge in [-0.05, 0) is 32.9 Å². The normalized spacial score (nSPS) is 19.5. The molecular formula is C11H19N3S. The van der Waals surface area contributed by atoms with E-state index in [9.17, 15) is 0 Å². The van der Waals surface area contributed by atoms with Crippen LogP contribution in [0.25, 0.3) is 0 Å². The Kier molecular flexibility index (Phi) is 4.11. The molecule has 1 saturated heterocycles. The van der Waals surface area contributed by atoms with E-state index >= 15 is 0 Å². The highest BCUT2D eigenvalue weighted by Crippen LogP contribution is 2.10. The average molecular weight is 225 g/mol. The fraction of sp³-hybridized carbons (Fsp3) is 0.727. The van der Waals surface area contributed by atoms with Crippen LogP contribution in [0.5, 0.6) is 0 Å². The monoisotopic (exact) mass is 225 g/mol. The van der Waals surface area contributed by atoms with Crippen molar-refractivity contribution >= 4 is 11.3 Å². The van der Waals surface area contributed by atoms with Gasteiger partial charge in [-0.15, -0.1) is 11.3 Å². The Balaban J connectivity index is 1.64. The van der Waals surface area contributed by atoms with Crippen LogP contribution in [-0.2, 0) is 6.54 Å². The van der Waals surface area contributed by atoms with E-state index < -0.39 is 0 Å². The zero-order valence-electron chi connectivity index (χ0n) is 9.28. The third-order valence-electron chi connectivity index (χ3n) is 2.99. The van der Waals surface area contributed by atoms with E-state index in [4.69, 9.17) is 0 Å². The number of rotatable bonds is 5. The highest BCUT2D eigenvalue weighted by Gasteiger charge is 2.17. The first-order valence-corrected chi connectivity index (χ1v) is 6.62. The number of hydrogen-bond donors (Lipinski definition) is 1. The van der Waals surface area contributed by atoms with Gasteiger partial charge in [-0.2, -0.15) is 0 Å². The van der Waals surface area contributed by atoms with Crippen LogP contribution < -0.4 is 5.32 Å². The Morgan fingerprint density at radius 3 is 3.00 bits per heavy atom. The topological polar surface area (TPSA) is 28.2 Å². The van der Waals surface area contributed by atoms with Gasteiger partial charge in [-0.3, -0.25) is 4.90 Å². The maximum Gasteiger partial charge on any atom is 0.0795 e. The molecule has 1 atom stereocenters. The lowest BCUT2D eigenvalue weighted by Gasteiger charge is -2.23. The highest BCUT2D eigenvalue weighted by atomic mass is 32.1. The summed E-state index contributed by atoms with van der Waals surface area (Å²) in [6.07, 6.45) is 2.74. The molecule has 0 aromatic carbocycles. The Morgan fingerprint density at radius 1 is 1.53 bits per heavy atom. The van der Waals surface area contributed by atoms with Crippen LogP contribution in [0.2, 0.25) is 0 Å². The number of likely N-dealkylation sites (tertiary alicyclic amines) is 1. The summed E-state index contributed by atoms with van der Waals surface area (Å²) in [6, 6.07) is 0.658. The minimum absolute atomic E-state index is 0.658.